The standard InChI is InChI=1S/C17H18ClNO3/c1-2-21-15-6-4-3-5-14(15)8-10-17(20)22-12-13-7-9-16(18)19-11-13/h3-7,9,11H,2,8,10,12H2,1H3. The van der Waals surface area contributed by atoms with Crippen molar-refractivity contribution in [2.45, 2.75) is 26.4 Å². The molecule has 0 aliphatic heterocycles. The minimum absolute atomic E-state index is 0.204. The van der Waals surface area contributed by atoms with Crippen LogP contribution in [-0.2, 0) is 22.6 Å². The molecule has 0 spiro atoms. The number of carbonyl (C=O) groups excluding carboxylic acids is 1. The molecule has 1 heterocycles. The number of pyridine rings is 1. The number of benzene rings is 1. The summed E-state index contributed by atoms with van der Waals surface area (Å²) in [5.41, 5.74) is 1.82. The number of halogens is 1. The summed E-state index contributed by atoms with van der Waals surface area (Å²) in [6.07, 6.45) is 2.50. The molecule has 0 atom stereocenters. The first-order valence-electron chi connectivity index (χ1n) is 7.15. The van der Waals surface area contributed by atoms with Gasteiger partial charge in [-0.05, 0) is 31.0 Å². The summed E-state index contributed by atoms with van der Waals surface area (Å²) < 4.78 is 10.8. The Labute approximate surface area is 135 Å². The largest absolute Gasteiger partial charge is 0.494 e. The van der Waals surface area contributed by atoms with Crippen molar-refractivity contribution >= 4 is 17.6 Å². The number of aryl methyl sites for hydroxylation is 1. The molecule has 116 valence electrons. The third-order valence-electron chi connectivity index (χ3n) is 3.06. The van der Waals surface area contributed by atoms with Crippen molar-refractivity contribution in [3.63, 3.8) is 0 Å². The van der Waals surface area contributed by atoms with E-state index in [1.54, 1.807) is 18.3 Å². The molecule has 0 radical (unpaired) electrons. The van der Waals surface area contributed by atoms with Crippen LogP contribution in [0.25, 0.3) is 0 Å². The summed E-state index contributed by atoms with van der Waals surface area (Å²) in [6, 6.07) is 11.2. The molecule has 0 bridgehead atoms. The molecule has 0 amide bonds. The lowest BCUT2D eigenvalue weighted by Gasteiger charge is -2.09. The second-order valence-corrected chi connectivity index (χ2v) is 5.08. The molecule has 22 heavy (non-hydrogen) atoms. The number of rotatable bonds is 7. The summed E-state index contributed by atoms with van der Waals surface area (Å²) >= 11 is 5.70. The highest BCUT2D eigenvalue weighted by molar-refractivity contribution is 6.29. The van der Waals surface area contributed by atoms with Crippen molar-refractivity contribution in [1.29, 1.82) is 0 Å². The Kier molecular flexibility index (Phi) is 6.22. The molecule has 0 fully saturated rings. The molecule has 4 nitrogen and oxygen atoms in total. The molecule has 0 N–H and O–H groups in total. The highest BCUT2D eigenvalue weighted by Crippen LogP contribution is 2.19. The van der Waals surface area contributed by atoms with Crippen LogP contribution >= 0.6 is 11.6 Å². The predicted molar refractivity (Wildman–Crippen MR) is 85.0 cm³/mol. The lowest BCUT2D eigenvalue weighted by Crippen LogP contribution is -2.07. The normalized spacial score (nSPS) is 10.3. The fourth-order valence-corrected chi connectivity index (χ4v) is 2.08. The topological polar surface area (TPSA) is 48.4 Å². The van der Waals surface area contributed by atoms with E-state index in [1.165, 1.54) is 0 Å². The number of aromatic nitrogens is 1. The predicted octanol–water partition coefficient (Wildman–Crippen LogP) is 3.81. The molecule has 2 rings (SSSR count). The minimum Gasteiger partial charge on any atom is -0.494 e. The molecule has 1 aromatic heterocycles. The van der Waals surface area contributed by atoms with Crippen LogP contribution in [0, 0.1) is 0 Å². The molecule has 2 aromatic rings. The fourth-order valence-electron chi connectivity index (χ4n) is 1.97. The summed E-state index contributed by atoms with van der Waals surface area (Å²) in [5.74, 6) is 0.570. The van der Waals surface area contributed by atoms with Gasteiger partial charge in [0.05, 0.1) is 6.61 Å². The van der Waals surface area contributed by atoms with Crippen LogP contribution in [0.5, 0.6) is 5.75 Å². The average molecular weight is 320 g/mol. The monoisotopic (exact) mass is 319 g/mol. The van der Waals surface area contributed by atoms with Crippen LogP contribution in [0.3, 0.4) is 0 Å². The van der Waals surface area contributed by atoms with Gasteiger partial charge in [-0.15, -0.1) is 0 Å². The maximum Gasteiger partial charge on any atom is 0.306 e. The number of para-hydroxylation sites is 1. The molecule has 0 aliphatic rings. The van der Waals surface area contributed by atoms with Crippen molar-refractivity contribution in [3.8, 4) is 5.75 Å². The summed E-state index contributed by atoms with van der Waals surface area (Å²) in [5, 5.41) is 0.419. The zero-order valence-electron chi connectivity index (χ0n) is 12.4. The lowest BCUT2D eigenvalue weighted by atomic mass is 10.1. The number of hydrogen-bond donors (Lipinski definition) is 0. The van der Waals surface area contributed by atoms with Gasteiger partial charge in [-0.3, -0.25) is 4.79 Å². The van der Waals surface area contributed by atoms with E-state index in [0.29, 0.717) is 24.6 Å². The van der Waals surface area contributed by atoms with E-state index in [4.69, 9.17) is 21.1 Å². The Morgan fingerprint density at radius 3 is 2.77 bits per heavy atom. The van der Waals surface area contributed by atoms with Crippen molar-refractivity contribution in [3.05, 3.63) is 58.9 Å². The third-order valence-corrected chi connectivity index (χ3v) is 3.28. The van der Waals surface area contributed by atoms with Crippen molar-refractivity contribution in [2.24, 2.45) is 0 Å². The molecular formula is C17H18ClNO3. The highest BCUT2D eigenvalue weighted by Gasteiger charge is 2.08. The molecule has 0 unspecified atom stereocenters. The molecule has 5 heteroatoms. The van der Waals surface area contributed by atoms with Crippen LogP contribution < -0.4 is 4.74 Å². The Hall–Kier alpha value is -2.07. The van der Waals surface area contributed by atoms with Gasteiger partial charge in [0.1, 0.15) is 17.5 Å². The molecule has 1 aromatic carbocycles. The van der Waals surface area contributed by atoms with E-state index in [2.05, 4.69) is 4.98 Å². The molecule has 0 saturated carbocycles. The Morgan fingerprint density at radius 2 is 2.05 bits per heavy atom. The number of ether oxygens (including phenoxy) is 2. The first-order chi connectivity index (χ1) is 10.7. The van der Waals surface area contributed by atoms with E-state index in [0.717, 1.165) is 16.9 Å². The van der Waals surface area contributed by atoms with Gasteiger partial charge in [-0.1, -0.05) is 35.9 Å². The molecule has 0 saturated heterocycles. The number of nitrogens with zero attached hydrogens (tertiary/aromatic N) is 1. The van der Waals surface area contributed by atoms with Crippen molar-refractivity contribution in [1.82, 2.24) is 4.98 Å². The van der Waals surface area contributed by atoms with Gasteiger partial charge in [0.25, 0.3) is 0 Å². The lowest BCUT2D eigenvalue weighted by molar-refractivity contribution is -0.144. The quantitative estimate of drug-likeness (QED) is 0.575. The Balaban J connectivity index is 1.81. The second kappa shape index (κ2) is 8.39. The van der Waals surface area contributed by atoms with Crippen LogP contribution in [0.4, 0.5) is 0 Å². The third kappa shape index (κ3) is 5.04. The first-order valence-corrected chi connectivity index (χ1v) is 7.53. The van der Waals surface area contributed by atoms with Gasteiger partial charge in [-0.2, -0.15) is 0 Å². The zero-order valence-corrected chi connectivity index (χ0v) is 13.2. The van der Waals surface area contributed by atoms with Crippen molar-refractivity contribution < 1.29 is 14.3 Å². The smallest absolute Gasteiger partial charge is 0.306 e. The number of carbonyl (C=O) groups is 1. The molecule has 0 aliphatic carbocycles. The number of hydrogen-bond acceptors (Lipinski definition) is 4. The Bertz CT molecular complexity index is 614. The van der Waals surface area contributed by atoms with E-state index < -0.39 is 0 Å². The van der Waals surface area contributed by atoms with E-state index in [9.17, 15) is 4.79 Å². The maximum absolute atomic E-state index is 11.8. The van der Waals surface area contributed by atoms with Gasteiger partial charge in [0, 0.05) is 18.2 Å². The zero-order chi connectivity index (χ0) is 15.8. The number of esters is 1. The first kappa shape index (κ1) is 16.3. The van der Waals surface area contributed by atoms with Gasteiger partial charge >= 0.3 is 5.97 Å². The van der Waals surface area contributed by atoms with Crippen molar-refractivity contribution in [2.75, 3.05) is 6.61 Å². The van der Waals surface area contributed by atoms with Gasteiger partial charge < -0.3 is 9.47 Å². The van der Waals surface area contributed by atoms with Gasteiger partial charge in [-0.25, -0.2) is 4.98 Å². The molecular weight excluding hydrogens is 302 g/mol. The average Bonchev–Trinajstić information content (AvgIpc) is 2.54. The minimum atomic E-state index is -0.249. The fraction of sp³-hybridized carbons (Fsp3) is 0.294. The SMILES string of the molecule is CCOc1ccccc1CCC(=O)OCc1ccc(Cl)nc1. The summed E-state index contributed by atoms with van der Waals surface area (Å²) in [6.45, 7) is 2.74. The summed E-state index contributed by atoms with van der Waals surface area (Å²) in [4.78, 5) is 15.8. The van der Waals surface area contributed by atoms with Crippen LogP contribution in [0.2, 0.25) is 5.15 Å². The van der Waals surface area contributed by atoms with Crippen LogP contribution in [-0.4, -0.2) is 17.6 Å². The van der Waals surface area contributed by atoms with Crippen LogP contribution in [0.15, 0.2) is 42.6 Å². The van der Waals surface area contributed by atoms with E-state index >= 15 is 0 Å². The van der Waals surface area contributed by atoms with Crippen LogP contribution in [0.1, 0.15) is 24.5 Å². The highest BCUT2D eigenvalue weighted by atomic mass is 35.5. The van der Waals surface area contributed by atoms with Gasteiger partial charge in [0.2, 0.25) is 0 Å². The second-order valence-electron chi connectivity index (χ2n) is 4.69. The van der Waals surface area contributed by atoms with E-state index in [-0.39, 0.29) is 12.6 Å². The van der Waals surface area contributed by atoms with Gasteiger partial charge in [0.15, 0.2) is 0 Å². The maximum atomic E-state index is 11.8. The Morgan fingerprint density at radius 1 is 1.23 bits per heavy atom. The summed E-state index contributed by atoms with van der Waals surface area (Å²) in [7, 11) is 0. The van der Waals surface area contributed by atoms with E-state index in [1.807, 2.05) is 31.2 Å².